The van der Waals surface area contributed by atoms with Crippen molar-refractivity contribution < 1.29 is 23.9 Å². The summed E-state index contributed by atoms with van der Waals surface area (Å²) in [5, 5.41) is 2.64. The summed E-state index contributed by atoms with van der Waals surface area (Å²) in [5.41, 5.74) is 1.12. The molecule has 182 valence electrons. The molecule has 2 aliphatic rings. The number of rotatable bonds is 7. The van der Waals surface area contributed by atoms with Crippen LogP contribution in [0.15, 0.2) is 53.4 Å². The first kappa shape index (κ1) is 24.8. The van der Waals surface area contributed by atoms with Crippen molar-refractivity contribution in [3.63, 3.8) is 0 Å². The Labute approximate surface area is 212 Å². The van der Waals surface area contributed by atoms with E-state index in [1.54, 1.807) is 59.5 Å². The Kier molecular flexibility index (Phi) is 8.09. The second-order valence-electron chi connectivity index (χ2n) is 8.10. The molecule has 0 unspecified atom stereocenters. The van der Waals surface area contributed by atoms with Gasteiger partial charge in [0, 0.05) is 13.1 Å². The van der Waals surface area contributed by atoms with E-state index < -0.39 is 11.1 Å². The van der Waals surface area contributed by atoms with Gasteiger partial charge in [-0.1, -0.05) is 35.9 Å². The predicted molar refractivity (Wildman–Crippen MR) is 135 cm³/mol. The minimum absolute atomic E-state index is 0.210. The molecule has 0 aromatic heterocycles. The first-order valence-electron chi connectivity index (χ1n) is 11.2. The van der Waals surface area contributed by atoms with Gasteiger partial charge in [-0.25, -0.2) is 0 Å². The molecule has 4 amide bonds. The number of hydrogen-bond donors (Lipinski definition) is 1. The van der Waals surface area contributed by atoms with Gasteiger partial charge in [-0.2, -0.15) is 0 Å². The van der Waals surface area contributed by atoms with Crippen LogP contribution in [0.5, 0.6) is 5.75 Å². The highest BCUT2D eigenvalue weighted by atomic mass is 35.5. The van der Waals surface area contributed by atoms with Gasteiger partial charge in [-0.3, -0.25) is 24.1 Å². The number of thioether (sulfide) groups is 1. The number of hydrogen-bond acceptors (Lipinski definition) is 6. The standard InChI is InChI=1S/C25H24ClN3O5S/c26-19-9-2-3-10-20(19)27-22(30)16-34-18-8-6-7-17(13-18)14-21-24(32)29(25(33)35-21)15-23(31)28-11-4-1-5-12-28/h2-3,6-10,13-14H,1,4-5,11-12,15-16H2,(H,27,30)/b21-14-. The van der Waals surface area contributed by atoms with Crippen LogP contribution in [0, 0.1) is 0 Å². The molecule has 35 heavy (non-hydrogen) atoms. The number of carbonyl (C=O) groups excluding carboxylic acids is 4. The van der Waals surface area contributed by atoms with Crippen LogP contribution in [0.25, 0.3) is 6.08 Å². The highest BCUT2D eigenvalue weighted by molar-refractivity contribution is 8.18. The van der Waals surface area contributed by atoms with Crippen LogP contribution in [-0.4, -0.2) is 59.0 Å². The Morgan fingerprint density at radius 1 is 1.06 bits per heavy atom. The fourth-order valence-corrected chi connectivity index (χ4v) is 4.78. The summed E-state index contributed by atoms with van der Waals surface area (Å²) >= 11 is 6.85. The number of imide groups is 1. The number of anilines is 1. The van der Waals surface area contributed by atoms with Gasteiger partial charge >= 0.3 is 0 Å². The molecule has 1 N–H and O–H groups in total. The zero-order chi connectivity index (χ0) is 24.8. The number of carbonyl (C=O) groups is 4. The van der Waals surface area contributed by atoms with Gasteiger partial charge in [-0.05, 0) is 66.9 Å². The third kappa shape index (κ3) is 6.43. The van der Waals surface area contributed by atoms with Gasteiger partial charge in [0.1, 0.15) is 12.3 Å². The minimum atomic E-state index is -0.490. The molecule has 2 aromatic carbocycles. The zero-order valence-corrected chi connectivity index (χ0v) is 20.4. The third-order valence-corrected chi connectivity index (χ3v) is 6.79. The van der Waals surface area contributed by atoms with Crippen molar-refractivity contribution in [2.24, 2.45) is 0 Å². The van der Waals surface area contributed by atoms with Crippen LogP contribution in [0.2, 0.25) is 5.02 Å². The number of para-hydroxylation sites is 1. The predicted octanol–water partition coefficient (Wildman–Crippen LogP) is 4.41. The van der Waals surface area contributed by atoms with E-state index >= 15 is 0 Å². The molecule has 2 fully saturated rings. The third-order valence-electron chi connectivity index (χ3n) is 5.55. The van der Waals surface area contributed by atoms with Crippen LogP contribution in [-0.2, 0) is 14.4 Å². The van der Waals surface area contributed by atoms with E-state index in [0.29, 0.717) is 35.1 Å². The summed E-state index contributed by atoms with van der Waals surface area (Å²) in [6.07, 6.45) is 4.54. The Hall–Kier alpha value is -3.30. The average molecular weight is 514 g/mol. The van der Waals surface area contributed by atoms with E-state index in [0.717, 1.165) is 35.9 Å². The Bertz CT molecular complexity index is 1180. The summed E-state index contributed by atoms with van der Waals surface area (Å²) in [4.78, 5) is 52.8. The SMILES string of the molecule is O=C(COc1cccc(/C=C2\SC(=O)N(CC(=O)N3CCCCC3)C2=O)c1)Nc1ccccc1Cl. The summed E-state index contributed by atoms with van der Waals surface area (Å²) in [6, 6.07) is 13.7. The number of halogens is 1. The van der Waals surface area contributed by atoms with Crippen LogP contribution < -0.4 is 10.1 Å². The topological polar surface area (TPSA) is 96.0 Å². The molecule has 0 saturated carbocycles. The number of ether oxygens (including phenoxy) is 1. The maximum atomic E-state index is 12.8. The number of nitrogens with one attached hydrogen (secondary N) is 1. The summed E-state index contributed by atoms with van der Waals surface area (Å²) < 4.78 is 5.57. The van der Waals surface area contributed by atoms with Crippen LogP contribution >= 0.6 is 23.4 Å². The van der Waals surface area contributed by atoms with Crippen LogP contribution in [0.4, 0.5) is 10.5 Å². The number of piperidine rings is 1. The van der Waals surface area contributed by atoms with Crippen molar-refractivity contribution in [2.45, 2.75) is 19.3 Å². The molecule has 0 bridgehead atoms. The summed E-state index contributed by atoms with van der Waals surface area (Å²) in [6.45, 7) is 0.845. The Morgan fingerprint density at radius 2 is 1.83 bits per heavy atom. The molecule has 2 saturated heterocycles. The first-order valence-corrected chi connectivity index (χ1v) is 12.4. The Morgan fingerprint density at radius 3 is 2.60 bits per heavy atom. The monoisotopic (exact) mass is 513 g/mol. The molecule has 10 heteroatoms. The molecular weight excluding hydrogens is 490 g/mol. The van der Waals surface area contributed by atoms with E-state index in [9.17, 15) is 19.2 Å². The fraction of sp³-hybridized carbons (Fsp3) is 0.280. The molecule has 2 heterocycles. The normalized spacial score (nSPS) is 17.1. The summed E-state index contributed by atoms with van der Waals surface area (Å²) in [7, 11) is 0. The second-order valence-corrected chi connectivity index (χ2v) is 9.50. The highest BCUT2D eigenvalue weighted by Crippen LogP contribution is 2.32. The quantitative estimate of drug-likeness (QED) is 0.551. The van der Waals surface area contributed by atoms with E-state index in [4.69, 9.17) is 16.3 Å². The van der Waals surface area contributed by atoms with Gasteiger partial charge in [0.15, 0.2) is 6.61 Å². The molecule has 8 nitrogen and oxygen atoms in total. The number of amides is 4. The van der Waals surface area contributed by atoms with Crippen molar-refractivity contribution in [1.82, 2.24) is 9.80 Å². The van der Waals surface area contributed by atoms with Crippen LogP contribution in [0.3, 0.4) is 0 Å². The smallest absolute Gasteiger partial charge is 0.294 e. The molecule has 0 atom stereocenters. The number of benzene rings is 2. The molecule has 0 aliphatic carbocycles. The van der Waals surface area contributed by atoms with E-state index in [1.165, 1.54) is 0 Å². The van der Waals surface area contributed by atoms with E-state index in [1.807, 2.05) is 0 Å². The minimum Gasteiger partial charge on any atom is -0.484 e. The lowest BCUT2D eigenvalue weighted by Crippen LogP contribution is -2.44. The molecule has 2 aromatic rings. The lowest BCUT2D eigenvalue weighted by atomic mass is 10.1. The van der Waals surface area contributed by atoms with Gasteiger partial charge in [0.25, 0.3) is 17.1 Å². The lowest BCUT2D eigenvalue weighted by Gasteiger charge is -2.27. The van der Waals surface area contributed by atoms with E-state index in [-0.39, 0.29) is 29.9 Å². The van der Waals surface area contributed by atoms with Crippen molar-refractivity contribution >= 4 is 58.1 Å². The molecule has 0 spiro atoms. The van der Waals surface area contributed by atoms with Crippen molar-refractivity contribution in [2.75, 3.05) is 31.6 Å². The number of likely N-dealkylation sites (tertiary alicyclic amines) is 1. The van der Waals surface area contributed by atoms with E-state index in [2.05, 4.69) is 5.32 Å². The van der Waals surface area contributed by atoms with Gasteiger partial charge < -0.3 is 15.0 Å². The lowest BCUT2D eigenvalue weighted by molar-refractivity contribution is -0.136. The maximum Gasteiger partial charge on any atom is 0.294 e. The molecule has 0 radical (unpaired) electrons. The van der Waals surface area contributed by atoms with Crippen LogP contribution in [0.1, 0.15) is 24.8 Å². The number of nitrogens with zero attached hydrogens (tertiary/aromatic N) is 2. The van der Waals surface area contributed by atoms with Crippen molar-refractivity contribution in [1.29, 1.82) is 0 Å². The average Bonchev–Trinajstić information content (AvgIpc) is 3.12. The summed E-state index contributed by atoms with van der Waals surface area (Å²) in [5.74, 6) is -0.648. The Balaban J connectivity index is 1.36. The first-order chi connectivity index (χ1) is 16.9. The highest BCUT2D eigenvalue weighted by Gasteiger charge is 2.37. The van der Waals surface area contributed by atoms with Crippen molar-refractivity contribution in [3.8, 4) is 5.75 Å². The molecule has 4 rings (SSSR count). The second kappa shape index (κ2) is 11.4. The van der Waals surface area contributed by atoms with Gasteiger partial charge in [-0.15, -0.1) is 0 Å². The maximum absolute atomic E-state index is 12.8. The van der Waals surface area contributed by atoms with Crippen molar-refractivity contribution in [3.05, 3.63) is 64.0 Å². The fourth-order valence-electron chi connectivity index (χ4n) is 3.76. The zero-order valence-electron chi connectivity index (χ0n) is 18.9. The van der Waals surface area contributed by atoms with Gasteiger partial charge in [0.2, 0.25) is 5.91 Å². The molecule has 2 aliphatic heterocycles. The molecular formula is C25H24ClN3O5S. The largest absolute Gasteiger partial charge is 0.484 e. The van der Waals surface area contributed by atoms with Gasteiger partial charge in [0.05, 0.1) is 15.6 Å².